The fourth-order valence-corrected chi connectivity index (χ4v) is 2.64. The van der Waals surface area contributed by atoms with E-state index in [1.807, 2.05) is 24.3 Å². The summed E-state index contributed by atoms with van der Waals surface area (Å²) in [6.45, 7) is 0.700. The zero-order valence-corrected chi connectivity index (χ0v) is 14.6. The van der Waals surface area contributed by atoms with Crippen molar-refractivity contribution in [3.8, 4) is 0 Å². The predicted octanol–water partition coefficient (Wildman–Crippen LogP) is 4.23. The lowest BCUT2D eigenvalue weighted by molar-refractivity contribution is 0.0697. The molecule has 26 heavy (non-hydrogen) atoms. The summed E-state index contributed by atoms with van der Waals surface area (Å²) in [7, 11) is 0. The molecule has 0 bridgehead atoms. The molecule has 0 atom stereocenters. The fourth-order valence-electron chi connectivity index (χ4n) is 2.43. The van der Waals surface area contributed by atoms with E-state index in [0.29, 0.717) is 23.9 Å². The van der Waals surface area contributed by atoms with Crippen LogP contribution in [0, 0.1) is 0 Å². The Kier molecular flexibility index (Phi) is 5.66. The van der Waals surface area contributed by atoms with E-state index in [2.05, 4.69) is 20.6 Å². The summed E-state index contributed by atoms with van der Waals surface area (Å²) < 4.78 is 0. The molecular formula is C19H17ClN4O2. The molecule has 1 heterocycles. The summed E-state index contributed by atoms with van der Waals surface area (Å²) in [5.41, 5.74) is 2.00. The van der Waals surface area contributed by atoms with E-state index in [9.17, 15) is 4.79 Å². The lowest BCUT2D eigenvalue weighted by Crippen LogP contribution is -2.07. The molecule has 6 nitrogen and oxygen atoms in total. The number of benzene rings is 2. The Morgan fingerprint density at radius 1 is 1.04 bits per heavy atom. The summed E-state index contributed by atoms with van der Waals surface area (Å²) in [5.74, 6) is 0.284. The third kappa shape index (κ3) is 4.94. The van der Waals surface area contributed by atoms with Crippen LogP contribution < -0.4 is 10.6 Å². The van der Waals surface area contributed by atoms with Crippen LogP contribution in [0.3, 0.4) is 0 Å². The summed E-state index contributed by atoms with van der Waals surface area (Å²) in [6.07, 6.45) is 2.26. The highest BCUT2D eigenvalue weighted by Gasteiger charge is 2.05. The van der Waals surface area contributed by atoms with E-state index in [4.69, 9.17) is 16.7 Å². The molecular weight excluding hydrogens is 352 g/mol. The molecule has 3 rings (SSSR count). The quantitative estimate of drug-likeness (QED) is 0.578. The number of nitrogens with zero attached hydrogens (tertiary/aromatic N) is 2. The van der Waals surface area contributed by atoms with Crippen LogP contribution in [-0.4, -0.2) is 27.6 Å². The van der Waals surface area contributed by atoms with Gasteiger partial charge in [0.2, 0.25) is 0 Å². The van der Waals surface area contributed by atoms with Gasteiger partial charge in [0, 0.05) is 23.3 Å². The Balaban J connectivity index is 1.61. The number of hydrogen-bond donors (Lipinski definition) is 3. The van der Waals surface area contributed by atoms with Gasteiger partial charge in [-0.1, -0.05) is 29.8 Å². The van der Waals surface area contributed by atoms with Gasteiger partial charge in [-0.15, -0.1) is 0 Å². The number of carboxylic acids is 1. The average Bonchev–Trinajstić information content (AvgIpc) is 2.62. The molecule has 0 fully saturated rings. The Morgan fingerprint density at radius 3 is 2.65 bits per heavy atom. The highest BCUT2D eigenvalue weighted by molar-refractivity contribution is 6.30. The molecule has 0 aliphatic heterocycles. The van der Waals surface area contributed by atoms with Gasteiger partial charge in [0.25, 0.3) is 0 Å². The SMILES string of the molecule is O=C(O)c1cccc(Nc2cc(NCCc3cccc(Cl)c3)ncn2)c1. The van der Waals surface area contributed by atoms with Gasteiger partial charge in [-0.3, -0.25) is 0 Å². The topological polar surface area (TPSA) is 87.1 Å². The Morgan fingerprint density at radius 2 is 1.85 bits per heavy atom. The van der Waals surface area contributed by atoms with E-state index in [1.165, 1.54) is 12.4 Å². The lowest BCUT2D eigenvalue weighted by atomic mass is 10.1. The minimum atomic E-state index is -0.972. The molecule has 132 valence electrons. The van der Waals surface area contributed by atoms with Crippen molar-refractivity contribution in [1.29, 1.82) is 0 Å². The summed E-state index contributed by atoms with van der Waals surface area (Å²) >= 11 is 5.98. The second-order valence-electron chi connectivity index (χ2n) is 5.61. The normalized spacial score (nSPS) is 10.3. The summed E-state index contributed by atoms with van der Waals surface area (Å²) in [5, 5.41) is 16.1. The number of carbonyl (C=O) groups is 1. The first kappa shape index (κ1) is 17.7. The van der Waals surface area contributed by atoms with Gasteiger partial charge in [0.05, 0.1) is 5.56 Å². The van der Waals surface area contributed by atoms with Crippen LogP contribution in [0.25, 0.3) is 0 Å². The smallest absolute Gasteiger partial charge is 0.335 e. The molecule has 7 heteroatoms. The molecule has 0 aliphatic carbocycles. The predicted molar refractivity (Wildman–Crippen MR) is 102 cm³/mol. The molecule has 0 unspecified atom stereocenters. The first-order valence-electron chi connectivity index (χ1n) is 8.01. The van der Waals surface area contributed by atoms with Gasteiger partial charge in [-0.25, -0.2) is 14.8 Å². The van der Waals surface area contributed by atoms with Crippen molar-refractivity contribution < 1.29 is 9.90 Å². The van der Waals surface area contributed by atoms with E-state index < -0.39 is 5.97 Å². The third-order valence-corrected chi connectivity index (χ3v) is 3.89. The first-order chi connectivity index (χ1) is 12.6. The van der Waals surface area contributed by atoms with E-state index in [0.717, 1.165) is 17.0 Å². The highest BCUT2D eigenvalue weighted by Crippen LogP contribution is 2.18. The molecule has 3 N–H and O–H groups in total. The Hall–Kier alpha value is -3.12. The first-order valence-corrected chi connectivity index (χ1v) is 8.39. The number of rotatable bonds is 7. The maximum absolute atomic E-state index is 11.0. The van der Waals surface area contributed by atoms with Crippen molar-refractivity contribution in [1.82, 2.24) is 9.97 Å². The third-order valence-electron chi connectivity index (χ3n) is 3.66. The molecule has 0 saturated heterocycles. The molecule has 0 saturated carbocycles. The van der Waals surface area contributed by atoms with E-state index >= 15 is 0 Å². The van der Waals surface area contributed by atoms with Gasteiger partial charge in [-0.05, 0) is 42.3 Å². The number of hydrogen-bond acceptors (Lipinski definition) is 5. The molecule has 0 radical (unpaired) electrons. The number of nitrogens with one attached hydrogen (secondary N) is 2. The zero-order valence-electron chi connectivity index (χ0n) is 13.8. The van der Waals surface area contributed by atoms with Gasteiger partial charge in [0.15, 0.2) is 0 Å². The van der Waals surface area contributed by atoms with E-state index in [-0.39, 0.29) is 5.56 Å². The zero-order chi connectivity index (χ0) is 18.4. The van der Waals surface area contributed by atoms with Crippen molar-refractivity contribution in [3.05, 3.63) is 77.1 Å². The van der Waals surface area contributed by atoms with Crippen molar-refractivity contribution in [3.63, 3.8) is 0 Å². The van der Waals surface area contributed by atoms with Crippen LogP contribution in [0.4, 0.5) is 17.3 Å². The number of carboxylic acid groups (broad SMARTS) is 1. The highest BCUT2D eigenvalue weighted by atomic mass is 35.5. The lowest BCUT2D eigenvalue weighted by Gasteiger charge is -2.09. The van der Waals surface area contributed by atoms with Crippen LogP contribution in [-0.2, 0) is 6.42 Å². The van der Waals surface area contributed by atoms with Crippen LogP contribution in [0.15, 0.2) is 60.9 Å². The second kappa shape index (κ2) is 8.31. The molecule has 0 aliphatic rings. The van der Waals surface area contributed by atoms with Crippen molar-refractivity contribution in [2.75, 3.05) is 17.2 Å². The largest absolute Gasteiger partial charge is 0.478 e. The van der Waals surface area contributed by atoms with Gasteiger partial charge in [-0.2, -0.15) is 0 Å². The minimum absolute atomic E-state index is 0.212. The minimum Gasteiger partial charge on any atom is -0.478 e. The maximum Gasteiger partial charge on any atom is 0.335 e. The summed E-state index contributed by atoms with van der Waals surface area (Å²) in [4.78, 5) is 19.4. The van der Waals surface area contributed by atoms with Crippen molar-refractivity contribution >= 4 is 34.9 Å². The van der Waals surface area contributed by atoms with Crippen molar-refractivity contribution in [2.24, 2.45) is 0 Å². The number of aromatic nitrogens is 2. The fraction of sp³-hybridized carbons (Fsp3) is 0.105. The Bertz CT molecular complexity index is 917. The van der Waals surface area contributed by atoms with Crippen LogP contribution in [0.5, 0.6) is 0 Å². The molecule has 0 amide bonds. The average molecular weight is 369 g/mol. The standard InChI is InChI=1S/C19H17ClN4O2/c20-15-5-1-3-13(9-15)7-8-21-17-11-18(23-12-22-17)24-16-6-2-4-14(10-16)19(25)26/h1-6,9-12H,7-8H2,(H,25,26)(H2,21,22,23,24). The molecule has 2 aromatic carbocycles. The van der Waals surface area contributed by atoms with Crippen LogP contribution in [0.2, 0.25) is 5.02 Å². The number of anilines is 3. The Labute approximate surface area is 155 Å². The molecule has 3 aromatic rings. The van der Waals surface area contributed by atoms with E-state index in [1.54, 1.807) is 24.3 Å². The van der Waals surface area contributed by atoms with Gasteiger partial charge in [0.1, 0.15) is 18.0 Å². The number of aromatic carboxylic acids is 1. The monoisotopic (exact) mass is 368 g/mol. The molecule has 1 aromatic heterocycles. The number of halogens is 1. The van der Waals surface area contributed by atoms with Gasteiger partial charge >= 0.3 is 5.97 Å². The summed E-state index contributed by atoms with van der Waals surface area (Å²) in [6, 6.07) is 16.0. The van der Waals surface area contributed by atoms with Crippen molar-refractivity contribution in [2.45, 2.75) is 6.42 Å². The maximum atomic E-state index is 11.0. The van der Waals surface area contributed by atoms with Crippen LogP contribution in [0.1, 0.15) is 15.9 Å². The van der Waals surface area contributed by atoms with Gasteiger partial charge < -0.3 is 15.7 Å². The molecule has 0 spiro atoms. The second-order valence-corrected chi connectivity index (χ2v) is 6.04. The van der Waals surface area contributed by atoms with Crippen LogP contribution >= 0.6 is 11.6 Å².